The molecular formula is C18H23ClN2O. The van der Waals surface area contributed by atoms with Gasteiger partial charge in [-0.3, -0.25) is 4.79 Å². The van der Waals surface area contributed by atoms with Crippen molar-refractivity contribution in [1.82, 2.24) is 0 Å². The summed E-state index contributed by atoms with van der Waals surface area (Å²) in [5.74, 6) is -0.148. The van der Waals surface area contributed by atoms with Gasteiger partial charge >= 0.3 is 0 Å². The first-order chi connectivity index (χ1) is 10.1. The molecule has 1 amide bonds. The second kappa shape index (κ2) is 8.57. The van der Waals surface area contributed by atoms with Crippen molar-refractivity contribution >= 4 is 24.0 Å². The Morgan fingerprint density at radius 1 is 1.18 bits per heavy atom. The Morgan fingerprint density at radius 3 is 2.50 bits per heavy atom. The zero-order chi connectivity index (χ0) is 15.2. The molecule has 0 bridgehead atoms. The first-order valence-corrected chi connectivity index (χ1v) is 7.30. The van der Waals surface area contributed by atoms with E-state index in [9.17, 15) is 4.79 Å². The summed E-state index contributed by atoms with van der Waals surface area (Å²) < 4.78 is 0. The van der Waals surface area contributed by atoms with E-state index < -0.39 is 6.04 Å². The number of amides is 1. The average molecular weight is 319 g/mol. The molecule has 0 unspecified atom stereocenters. The molecule has 0 fully saturated rings. The number of nitrogens with one attached hydrogen (secondary N) is 1. The molecule has 0 aliphatic carbocycles. The summed E-state index contributed by atoms with van der Waals surface area (Å²) in [5.41, 5.74) is 10.3. The molecule has 0 radical (unpaired) electrons. The van der Waals surface area contributed by atoms with Gasteiger partial charge in [-0.25, -0.2) is 0 Å². The monoisotopic (exact) mass is 318 g/mol. The number of carbonyl (C=O) groups excluding carboxylic acids is 1. The average Bonchev–Trinajstić information content (AvgIpc) is 2.50. The largest absolute Gasteiger partial charge is 0.325 e. The van der Waals surface area contributed by atoms with Crippen LogP contribution in [-0.2, 0) is 17.6 Å². The molecule has 0 saturated carbocycles. The molecule has 2 rings (SSSR count). The Hall–Kier alpha value is -1.84. The van der Waals surface area contributed by atoms with Gasteiger partial charge in [-0.15, -0.1) is 12.4 Å². The van der Waals surface area contributed by atoms with Crippen molar-refractivity contribution in [1.29, 1.82) is 0 Å². The van der Waals surface area contributed by atoms with Gasteiger partial charge < -0.3 is 11.1 Å². The maximum absolute atomic E-state index is 12.2. The van der Waals surface area contributed by atoms with Gasteiger partial charge in [0, 0.05) is 5.69 Å². The Balaban J connectivity index is 0.00000242. The van der Waals surface area contributed by atoms with E-state index in [2.05, 4.69) is 19.2 Å². The maximum atomic E-state index is 12.2. The van der Waals surface area contributed by atoms with Crippen molar-refractivity contribution in [2.24, 2.45) is 5.73 Å². The van der Waals surface area contributed by atoms with Crippen LogP contribution in [0.5, 0.6) is 0 Å². The van der Waals surface area contributed by atoms with Gasteiger partial charge in [0.25, 0.3) is 0 Å². The van der Waals surface area contributed by atoms with E-state index in [-0.39, 0.29) is 18.3 Å². The molecule has 0 heterocycles. The first kappa shape index (κ1) is 18.2. The molecule has 22 heavy (non-hydrogen) atoms. The third-order valence-electron chi connectivity index (χ3n) is 3.63. The fourth-order valence-electron chi connectivity index (χ4n) is 2.33. The molecule has 0 aromatic heterocycles. The molecule has 3 nitrogen and oxygen atoms in total. The molecule has 0 spiro atoms. The van der Waals surface area contributed by atoms with Crippen molar-refractivity contribution in [2.75, 3.05) is 5.32 Å². The molecule has 2 aromatic carbocycles. The van der Waals surface area contributed by atoms with E-state index >= 15 is 0 Å². The third kappa shape index (κ3) is 4.86. The van der Waals surface area contributed by atoms with Gasteiger partial charge in [-0.05, 0) is 48.6 Å². The molecular weight excluding hydrogens is 296 g/mol. The van der Waals surface area contributed by atoms with E-state index in [0.717, 1.165) is 17.7 Å². The van der Waals surface area contributed by atoms with E-state index in [1.54, 1.807) is 0 Å². The summed E-state index contributed by atoms with van der Waals surface area (Å²) in [4.78, 5) is 12.2. The van der Waals surface area contributed by atoms with Gasteiger partial charge in [0.05, 0.1) is 6.04 Å². The summed E-state index contributed by atoms with van der Waals surface area (Å²) in [6.45, 7) is 4.18. The van der Waals surface area contributed by atoms with Crippen LogP contribution in [0.25, 0.3) is 0 Å². The predicted octanol–water partition coefficient (Wildman–Crippen LogP) is 3.49. The van der Waals surface area contributed by atoms with Crippen molar-refractivity contribution in [3.05, 3.63) is 65.2 Å². The summed E-state index contributed by atoms with van der Waals surface area (Å²) in [7, 11) is 0. The lowest BCUT2D eigenvalue weighted by atomic mass is 10.0. The standard InChI is InChI=1S/C18H22N2O.ClH/c1-3-15-12-16(10-9-13(15)2)20-18(21)17(19)11-14-7-5-4-6-8-14;/h4-10,12,17H,3,11,19H2,1-2H3,(H,20,21);1H/t17-;/m0./s1. The summed E-state index contributed by atoms with van der Waals surface area (Å²) in [6.07, 6.45) is 1.49. The fourth-order valence-corrected chi connectivity index (χ4v) is 2.33. The number of benzene rings is 2. The minimum absolute atomic E-state index is 0. The van der Waals surface area contributed by atoms with Gasteiger partial charge in [0.2, 0.25) is 5.91 Å². The quantitative estimate of drug-likeness (QED) is 0.886. The first-order valence-electron chi connectivity index (χ1n) is 7.30. The smallest absolute Gasteiger partial charge is 0.241 e. The van der Waals surface area contributed by atoms with E-state index in [1.165, 1.54) is 11.1 Å². The van der Waals surface area contributed by atoms with Crippen LogP contribution in [0.15, 0.2) is 48.5 Å². The number of nitrogens with two attached hydrogens (primary N) is 1. The highest BCUT2D eigenvalue weighted by atomic mass is 35.5. The van der Waals surface area contributed by atoms with Crippen LogP contribution >= 0.6 is 12.4 Å². The van der Waals surface area contributed by atoms with Gasteiger partial charge in [-0.2, -0.15) is 0 Å². The van der Waals surface area contributed by atoms with Crippen LogP contribution < -0.4 is 11.1 Å². The Morgan fingerprint density at radius 2 is 1.86 bits per heavy atom. The number of anilines is 1. The molecule has 0 aliphatic heterocycles. The van der Waals surface area contributed by atoms with Crippen LogP contribution in [0.2, 0.25) is 0 Å². The molecule has 1 atom stereocenters. The molecule has 0 saturated heterocycles. The number of rotatable bonds is 5. The van der Waals surface area contributed by atoms with Crippen molar-refractivity contribution in [3.8, 4) is 0 Å². The Kier molecular flexibility index (Phi) is 7.09. The third-order valence-corrected chi connectivity index (χ3v) is 3.63. The van der Waals surface area contributed by atoms with Crippen molar-refractivity contribution in [2.45, 2.75) is 32.7 Å². The molecule has 4 heteroatoms. The maximum Gasteiger partial charge on any atom is 0.241 e. The molecule has 3 N–H and O–H groups in total. The molecule has 2 aromatic rings. The zero-order valence-electron chi connectivity index (χ0n) is 13.0. The van der Waals surface area contributed by atoms with E-state index in [4.69, 9.17) is 5.73 Å². The fraction of sp³-hybridized carbons (Fsp3) is 0.278. The SMILES string of the molecule is CCc1cc(NC(=O)[C@@H](N)Cc2ccccc2)ccc1C.Cl. The van der Waals surface area contributed by atoms with Crippen LogP contribution in [0.3, 0.4) is 0 Å². The Labute approximate surface area is 138 Å². The Bertz CT molecular complexity index is 614. The minimum Gasteiger partial charge on any atom is -0.325 e. The lowest BCUT2D eigenvalue weighted by Gasteiger charge is -2.13. The number of aryl methyl sites for hydroxylation is 2. The van der Waals surface area contributed by atoms with Crippen molar-refractivity contribution < 1.29 is 4.79 Å². The summed E-state index contributed by atoms with van der Waals surface area (Å²) in [6, 6.07) is 15.2. The summed E-state index contributed by atoms with van der Waals surface area (Å²) >= 11 is 0. The van der Waals surface area contributed by atoms with Gasteiger partial charge in [0.1, 0.15) is 0 Å². The zero-order valence-corrected chi connectivity index (χ0v) is 13.8. The highest BCUT2D eigenvalue weighted by Gasteiger charge is 2.14. The number of hydrogen-bond donors (Lipinski definition) is 2. The topological polar surface area (TPSA) is 55.1 Å². The predicted molar refractivity (Wildman–Crippen MR) is 94.6 cm³/mol. The number of halogens is 1. The van der Waals surface area contributed by atoms with Crippen molar-refractivity contribution in [3.63, 3.8) is 0 Å². The van der Waals surface area contributed by atoms with Crippen LogP contribution in [0.4, 0.5) is 5.69 Å². The summed E-state index contributed by atoms with van der Waals surface area (Å²) in [5, 5.41) is 2.90. The highest BCUT2D eigenvalue weighted by Crippen LogP contribution is 2.16. The van der Waals surface area contributed by atoms with E-state index in [0.29, 0.717) is 6.42 Å². The minimum atomic E-state index is -0.543. The molecule has 0 aliphatic rings. The highest BCUT2D eigenvalue weighted by molar-refractivity contribution is 5.95. The lowest BCUT2D eigenvalue weighted by Crippen LogP contribution is -2.37. The van der Waals surface area contributed by atoms with Gasteiger partial charge in [0.15, 0.2) is 0 Å². The second-order valence-electron chi connectivity index (χ2n) is 5.28. The van der Waals surface area contributed by atoms with Crippen LogP contribution in [0.1, 0.15) is 23.6 Å². The van der Waals surface area contributed by atoms with Crippen LogP contribution in [0, 0.1) is 6.92 Å². The normalized spacial score (nSPS) is 11.4. The second-order valence-corrected chi connectivity index (χ2v) is 5.28. The number of hydrogen-bond acceptors (Lipinski definition) is 2. The number of carbonyl (C=O) groups is 1. The van der Waals surface area contributed by atoms with Crippen LogP contribution in [-0.4, -0.2) is 11.9 Å². The lowest BCUT2D eigenvalue weighted by molar-refractivity contribution is -0.117. The molecule has 118 valence electrons. The van der Waals surface area contributed by atoms with E-state index in [1.807, 2.05) is 48.5 Å². The van der Waals surface area contributed by atoms with Gasteiger partial charge in [-0.1, -0.05) is 43.3 Å².